The zero-order valence-electron chi connectivity index (χ0n) is 12.7. The Hall–Kier alpha value is -2.74. The maximum atomic E-state index is 12.5. The molecule has 2 heterocycles. The maximum Gasteiger partial charge on any atom is 0.416 e. The number of carbonyl (C=O) groups is 1. The standard InChI is InChI=1S/C17H12F3N3OS/c18-17(19,20)13-3-1-11(2-4-13)15(24)22-9-14-10-25-16(23-14)12-5-7-21-8-6-12/h1-8,10H,9H2,(H,22,24). The normalized spacial score (nSPS) is 11.3. The monoisotopic (exact) mass is 363 g/mol. The van der Waals surface area contributed by atoms with Gasteiger partial charge in [0.25, 0.3) is 5.91 Å². The number of hydrogen-bond acceptors (Lipinski definition) is 4. The van der Waals surface area contributed by atoms with Crippen LogP contribution in [-0.4, -0.2) is 15.9 Å². The van der Waals surface area contributed by atoms with Gasteiger partial charge in [-0.25, -0.2) is 4.98 Å². The topological polar surface area (TPSA) is 54.9 Å². The number of aromatic nitrogens is 2. The van der Waals surface area contributed by atoms with Gasteiger partial charge in [-0.3, -0.25) is 9.78 Å². The highest BCUT2D eigenvalue weighted by Gasteiger charge is 2.30. The number of rotatable bonds is 4. The summed E-state index contributed by atoms with van der Waals surface area (Å²) in [4.78, 5) is 20.4. The molecule has 0 unspecified atom stereocenters. The molecule has 1 aromatic carbocycles. The van der Waals surface area contributed by atoms with Gasteiger partial charge in [0.15, 0.2) is 0 Å². The number of amides is 1. The lowest BCUT2D eigenvalue weighted by Gasteiger charge is -2.07. The molecule has 0 saturated carbocycles. The van der Waals surface area contributed by atoms with Crippen molar-refractivity contribution in [2.75, 3.05) is 0 Å². The number of thiazole rings is 1. The number of halogens is 3. The van der Waals surface area contributed by atoms with Crippen LogP contribution >= 0.6 is 11.3 Å². The van der Waals surface area contributed by atoms with E-state index in [1.165, 1.54) is 11.3 Å². The molecule has 0 radical (unpaired) electrons. The van der Waals surface area contributed by atoms with Crippen LogP contribution in [0.25, 0.3) is 10.6 Å². The number of nitrogens with zero attached hydrogens (tertiary/aromatic N) is 2. The van der Waals surface area contributed by atoms with Crippen molar-refractivity contribution in [2.24, 2.45) is 0 Å². The lowest BCUT2D eigenvalue weighted by Crippen LogP contribution is -2.23. The summed E-state index contributed by atoms with van der Waals surface area (Å²) in [5.41, 5.74) is 0.987. The van der Waals surface area contributed by atoms with Crippen molar-refractivity contribution < 1.29 is 18.0 Å². The molecule has 0 fully saturated rings. The summed E-state index contributed by atoms with van der Waals surface area (Å²) in [5, 5.41) is 5.28. The fourth-order valence-corrected chi connectivity index (χ4v) is 2.92. The molecule has 0 saturated heterocycles. The van der Waals surface area contributed by atoms with Crippen molar-refractivity contribution in [3.8, 4) is 10.6 Å². The van der Waals surface area contributed by atoms with E-state index in [9.17, 15) is 18.0 Å². The quantitative estimate of drug-likeness (QED) is 0.757. The van der Waals surface area contributed by atoms with E-state index in [0.717, 1.165) is 34.8 Å². The minimum atomic E-state index is -4.42. The largest absolute Gasteiger partial charge is 0.416 e. The van der Waals surface area contributed by atoms with Gasteiger partial charge in [0, 0.05) is 28.9 Å². The Labute approximate surface area is 145 Å². The van der Waals surface area contributed by atoms with E-state index < -0.39 is 17.6 Å². The van der Waals surface area contributed by atoms with Crippen molar-refractivity contribution in [2.45, 2.75) is 12.7 Å². The highest BCUT2D eigenvalue weighted by molar-refractivity contribution is 7.13. The molecule has 25 heavy (non-hydrogen) atoms. The predicted molar refractivity (Wildman–Crippen MR) is 88.0 cm³/mol. The highest BCUT2D eigenvalue weighted by atomic mass is 32.1. The third-order valence-electron chi connectivity index (χ3n) is 3.38. The fraction of sp³-hybridized carbons (Fsp3) is 0.118. The SMILES string of the molecule is O=C(NCc1csc(-c2ccncc2)n1)c1ccc(C(F)(F)F)cc1. The first-order valence-electron chi connectivity index (χ1n) is 7.24. The molecule has 0 aliphatic heterocycles. The Morgan fingerprint density at radius 3 is 2.40 bits per heavy atom. The average molecular weight is 363 g/mol. The molecular formula is C17H12F3N3OS. The molecule has 4 nitrogen and oxygen atoms in total. The molecule has 1 N–H and O–H groups in total. The van der Waals surface area contributed by atoms with Gasteiger partial charge in [0.05, 0.1) is 17.8 Å². The number of hydrogen-bond donors (Lipinski definition) is 1. The molecule has 2 aromatic heterocycles. The van der Waals surface area contributed by atoms with E-state index in [1.54, 1.807) is 12.4 Å². The fourth-order valence-electron chi connectivity index (χ4n) is 2.10. The van der Waals surface area contributed by atoms with Gasteiger partial charge >= 0.3 is 6.18 Å². The minimum Gasteiger partial charge on any atom is -0.346 e. The minimum absolute atomic E-state index is 0.164. The first kappa shape index (κ1) is 17.1. The van der Waals surface area contributed by atoms with Crippen LogP contribution in [0.1, 0.15) is 21.6 Å². The smallest absolute Gasteiger partial charge is 0.346 e. The van der Waals surface area contributed by atoms with Crippen molar-refractivity contribution >= 4 is 17.2 Å². The Morgan fingerprint density at radius 1 is 1.08 bits per heavy atom. The molecule has 3 aromatic rings. The van der Waals surface area contributed by atoms with Crippen LogP contribution in [0.15, 0.2) is 54.2 Å². The Kier molecular flexibility index (Phi) is 4.80. The van der Waals surface area contributed by atoms with Crippen molar-refractivity contribution in [1.29, 1.82) is 0 Å². The second kappa shape index (κ2) is 7.02. The zero-order chi connectivity index (χ0) is 17.9. The molecule has 0 atom stereocenters. The molecule has 3 rings (SSSR count). The summed E-state index contributed by atoms with van der Waals surface area (Å²) >= 11 is 1.44. The molecule has 8 heteroatoms. The van der Waals surface area contributed by atoms with Crippen molar-refractivity contribution in [1.82, 2.24) is 15.3 Å². The van der Waals surface area contributed by atoms with Gasteiger partial charge in [-0.2, -0.15) is 13.2 Å². The summed E-state index contributed by atoms with van der Waals surface area (Å²) in [6.07, 6.45) is -1.08. The van der Waals surface area contributed by atoms with E-state index >= 15 is 0 Å². The van der Waals surface area contributed by atoms with Crippen LogP contribution in [0.2, 0.25) is 0 Å². The summed E-state index contributed by atoms with van der Waals surface area (Å²) in [5.74, 6) is -0.452. The van der Waals surface area contributed by atoms with E-state index in [1.807, 2.05) is 17.5 Å². The summed E-state index contributed by atoms with van der Waals surface area (Å²) in [7, 11) is 0. The van der Waals surface area contributed by atoms with Gasteiger partial charge in [-0.1, -0.05) is 0 Å². The Morgan fingerprint density at radius 2 is 1.76 bits per heavy atom. The third kappa shape index (κ3) is 4.21. The van der Waals surface area contributed by atoms with Gasteiger partial charge in [0.2, 0.25) is 0 Å². The summed E-state index contributed by atoms with van der Waals surface area (Å²) in [6.45, 7) is 0.196. The lowest BCUT2D eigenvalue weighted by atomic mass is 10.1. The van der Waals surface area contributed by atoms with E-state index in [-0.39, 0.29) is 12.1 Å². The maximum absolute atomic E-state index is 12.5. The number of carbonyl (C=O) groups excluding carboxylic acids is 1. The van der Waals surface area contributed by atoms with Gasteiger partial charge in [0.1, 0.15) is 5.01 Å². The number of benzene rings is 1. The van der Waals surface area contributed by atoms with Crippen molar-refractivity contribution in [3.63, 3.8) is 0 Å². The predicted octanol–water partition coefficient (Wildman–Crippen LogP) is 4.15. The first-order valence-corrected chi connectivity index (χ1v) is 8.12. The molecule has 0 aliphatic carbocycles. The van der Waals surface area contributed by atoms with Crippen LogP contribution < -0.4 is 5.32 Å². The summed E-state index contributed by atoms with van der Waals surface area (Å²) in [6, 6.07) is 7.76. The second-order valence-electron chi connectivity index (χ2n) is 5.14. The second-order valence-corrected chi connectivity index (χ2v) is 6.00. The number of nitrogens with one attached hydrogen (secondary N) is 1. The Bertz CT molecular complexity index is 861. The molecule has 0 bridgehead atoms. The zero-order valence-corrected chi connectivity index (χ0v) is 13.6. The molecule has 1 amide bonds. The third-order valence-corrected chi connectivity index (χ3v) is 4.32. The molecule has 128 valence electrons. The van der Waals surface area contributed by atoms with Crippen LogP contribution in [0.5, 0.6) is 0 Å². The number of pyridine rings is 1. The van der Waals surface area contributed by atoms with Crippen LogP contribution in [0, 0.1) is 0 Å². The van der Waals surface area contributed by atoms with Gasteiger partial charge in [-0.15, -0.1) is 11.3 Å². The first-order chi connectivity index (χ1) is 11.9. The van der Waals surface area contributed by atoms with Gasteiger partial charge in [-0.05, 0) is 36.4 Å². The molecular weight excluding hydrogens is 351 g/mol. The van der Waals surface area contributed by atoms with E-state index in [2.05, 4.69) is 15.3 Å². The van der Waals surface area contributed by atoms with E-state index in [0.29, 0.717) is 5.69 Å². The lowest BCUT2D eigenvalue weighted by molar-refractivity contribution is -0.137. The van der Waals surface area contributed by atoms with E-state index in [4.69, 9.17) is 0 Å². The highest BCUT2D eigenvalue weighted by Crippen LogP contribution is 2.29. The number of alkyl halides is 3. The Balaban J connectivity index is 1.62. The van der Waals surface area contributed by atoms with Gasteiger partial charge < -0.3 is 5.32 Å². The van der Waals surface area contributed by atoms with Crippen LogP contribution in [-0.2, 0) is 12.7 Å². The van der Waals surface area contributed by atoms with Crippen molar-refractivity contribution in [3.05, 3.63) is 71.0 Å². The summed E-state index contributed by atoms with van der Waals surface area (Å²) < 4.78 is 37.6. The van der Waals surface area contributed by atoms with Crippen LogP contribution in [0.4, 0.5) is 13.2 Å². The molecule has 0 aliphatic rings. The average Bonchev–Trinajstić information content (AvgIpc) is 3.09. The van der Waals surface area contributed by atoms with Crippen LogP contribution in [0.3, 0.4) is 0 Å². The molecule has 0 spiro atoms.